The van der Waals surface area contributed by atoms with Gasteiger partial charge >= 0.3 is 0 Å². The molecule has 0 saturated heterocycles. The van der Waals surface area contributed by atoms with Crippen molar-refractivity contribution in [3.05, 3.63) is 61.9 Å². The van der Waals surface area contributed by atoms with Gasteiger partial charge in [-0.15, -0.1) is 0 Å². The number of oxime groups is 1. The lowest BCUT2D eigenvalue weighted by Crippen LogP contribution is -2.14. The molecule has 0 radical (unpaired) electrons. The van der Waals surface area contributed by atoms with Crippen molar-refractivity contribution in [3.8, 4) is 0 Å². The summed E-state index contributed by atoms with van der Waals surface area (Å²) in [5.41, 5.74) is 7.21. The first-order chi connectivity index (χ1) is 9.99. The van der Waals surface area contributed by atoms with Crippen LogP contribution in [-0.4, -0.2) is 11.0 Å². The number of nitrogens with one attached hydrogen (secondary N) is 1. The summed E-state index contributed by atoms with van der Waals surface area (Å²) in [7, 11) is 0. The van der Waals surface area contributed by atoms with Crippen molar-refractivity contribution in [2.75, 3.05) is 5.32 Å². The summed E-state index contributed by atoms with van der Waals surface area (Å²) in [4.78, 5) is 0. The molecule has 0 aliphatic carbocycles. The highest BCUT2D eigenvalue weighted by Gasteiger charge is 2.06. The Kier molecular flexibility index (Phi) is 5.24. The van der Waals surface area contributed by atoms with Crippen LogP contribution in [0.5, 0.6) is 0 Å². The van der Waals surface area contributed by atoms with E-state index in [0.29, 0.717) is 22.7 Å². The normalized spacial score (nSPS) is 11.5. The summed E-state index contributed by atoms with van der Waals surface area (Å²) in [5, 5.41) is 15.2. The van der Waals surface area contributed by atoms with Crippen molar-refractivity contribution in [2.24, 2.45) is 10.9 Å². The van der Waals surface area contributed by atoms with Gasteiger partial charge in [0.05, 0.1) is 10.7 Å². The molecule has 0 fully saturated rings. The Morgan fingerprint density at radius 3 is 2.76 bits per heavy atom. The van der Waals surface area contributed by atoms with Crippen LogP contribution in [0.1, 0.15) is 11.1 Å². The molecule has 0 bridgehead atoms. The highest BCUT2D eigenvalue weighted by Crippen LogP contribution is 2.24. The van der Waals surface area contributed by atoms with Gasteiger partial charge in [-0.2, -0.15) is 0 Å². The molecule has 110 valence electrons. The number of benzene rings is 2. The Balaban J connectivity index is 2.18. The number of rotatable bonds is 4. The molecule has 0 unspecified atom stereocenters. The van der Waals surface area contributed by atoms with Gasteiger partial charge in [0.15, 0.2) is 5.84 Å². The largest absolute Gasteiger partial charge is 0.409 e. The second kappa shape index (κ2) is 6.95. The van der Waals surface area contributed by atoms with E-state index in [-0.39, 0.29) is 5.84 Å². The maximum atomic E-state index is 13.5. The molecule has 2 aromatic carbocycles. The number of halogens is 3. The first-order valence-corrected chi connectivity index (χ1v) is 7.41. The van der Waals surface area contributed by atoms with Crippen LogP contribution in [0.3, 0.4) is 0 Å². The molecule has 0 heterocycles. The Hall–Kier alpha value is -1.54. The highest BCUT2D eigenvalue weighted by atomic mass is 127. The Morgan fingerprint density at radius 2 is 2.10 bits per heavy atom. The number of anilines is 1. The molecule has 0 amide bonds. The van der Waals surface area contributed by atoms with Gasteiger partial charge in [-0.25, -0.2) is 4.39 Å². The van der Waals surface area contributed by atoms with Crippen molar-refractivity contribution < 1.29 is 9.60 Å². The Bertz CT molecular complexity index is 694. The fraction of sp³-hybridized carbons (Fsp3) is 0.0714. The smallest absolute Gasteiger partial charge is 0.170 e. The summed E-state index contributed by atoms with van der Waals surface area (Å²) in [6.45, 7) is 0.365. The minimum absolute atomic E-state index is 0.136. The molecule has 7 heteroatoms. The third-order valence-corrected chi connectivity index (χ3v) is 3.76. The molecular formula is C14H12ClFIN3O. The van der Waals surface area contributed by atoms with Gasteiger partial charge in [0.1, 0.15) is 5.82 Å². The average Bonchev–Trinajstić information content (AvgIpc) is 2.45. The number of nitrogens with two attached hydrogens (primary N) is 1. The van der Waals surface area contributed by atoms with E-state index in [1.54, 1.807) is 6.07 Å². The molecule has 0 aliphatic heterocycles. The van der Waals surface area contributed by atoms with Crippen LogP contribution in [0.25, 0.3) is 0 Å². The standard InChI is InChI=1S/C14H12ClFIN3O/c15-12-6-11(17)1-2-13(12)19-7-8-3-9(14(18)20-21)5-10(16)4-8/h1-6,19,21H,7H2,(H2,18,20). The quantitative estimate of drug-likeness (QED) is 0.232. The van der Waals surface area contributed by atoms with Crippen LogP contribution >= 0.6 is 34.2 Å². The third-order valence-electron chi connectivity index (χ3n) is 2.78. The SMILES string of the molecule is N/C(=N/O)c1cc(F)cc(CNc2ccc(I)cc2Cl)c1. The van der Waals surface area contributed by atoms with Crippen LogP contribution in [-0.2, 0) is 6.54 Å². The molecule has 0 atom stereocenters. The third kappa shape index (κ3) is 4.21. The Labute approximate surface area is 139 Å². The van der Waals surface area contributed by atoms with Crippen LogP contribution in [0.15, 0.2) is 41.6 Å². The van der Waals surface area contributed by atoms with Crippen molar-refractivity contribution in [2.45, 2.75) is 6.54 Å². The first kappa shape index (κ1) is 15.8. The summed E-state index contributed by atoms with van der Waals surface area (Å²) in [6.07, 6.45) is 0. The lowest BCUT2D eigenvalue weighted by Gasteiger charge is -2.10. The second-order valence-electron chi connectivity index (χ2n) is 4.31. The van der Waals surface area contributed by atoms with Crippen LogP contribution < -0.4 is 11.1 Å². The fourth-order valence-corrected chi connectivity index (χ4v) is 2.71. The van der Waals surface area contributed by atoms with E-state index in [0.717, 1.165) is 9.26 Å². The molecule has 2 rings (SSSR count). The fourth-order valence-electron chi connectivity index (χ4n) is 1.79. The van der Waals surface area contributed by atoms with E-state index in [4.69, 9.17) is 22.5 Å². The second-order valence-corrected chi connectivity index (χ2v) is 5.96. The lowest BCUT2D eigenvalue weighted by atomic mass is 10.1. The average molecular weight is 420 g/mol. The first-order valence-electron chi connectivity index (χ1n) is 5.96. The van der Waals surface area contributed by atoms with Gasteiger partial charge in [0, 0.05) is 15.7 Å². The van der Waals surface area contributed by atoms with E-state index in [1.165, 1.54) is 12.1 Å². The molecule has 4 N–H and O–H groups in total. The summed E-state index contributed by atoms with van der Waals surface area (Å²) < 4.78 is 14.6. The minimum atomic E-state index is -0.454. The summed E-state index contributed by atoms with van der Waals surface area (Å²) >= 11 is 8.29. The number of amidine groups is 1. The molecular weight excluding hydrogens is 408 g/mol. The van der Waals surface area contributed by atoms with E-state index in [1.807, 2.05) is 18.2 Å². The van der Waals surface area contributed by atoms with E-state index < -0.39 is 5.82 Å². The maximum Gasteiger partial charge on any atom is 0.170 e. The highest BCUT2D eigenvalue weighted by molar-refractivity contribution is 14.1. The van der Waals surface area contributed by atoms with Crippen molar-refractivity contribution >= 4 is 45.7 Å². The van der Waals surface area contributed by atoms with Crippen molar-refractivity contribution in [1.82, 2.24) is 0 Å². The van der Waals surface area contributed by atoms with Gasteiger partial charge in [-0.3, -0.25) is 0 Å². The predicted octanol–water partition coefficient (Wildman–Crippen LogP) is 3.79. The van der Waals surface area contributed by atoms with E-state index in [9.17, 15) is 4.39 Å². The lowest BCUT2D eigenvalue weighted by molar-refractivity contribution is 0.318. The minimum Gasteiger partial charge on any atom is -0.409 e. The zero-order valence-electron chi connectivity index (χ0n) is 10.8. The van der Waals surface area contributed by atoms with Gasteiger partial charge in [0.25, 0.3) is 0 Å². The van der Waals surface area contributed by atoms with Crippen LogP contribution in [0.4, 0.5) is 10.1 Å². The molecule has 4 nitrogen and oxygen atoms in total. The topological polar surface area (TPSA) is 70.6 Å². The van der Waals surface area contributed by atoms with E-state index >= 15 is 0 Å². The monoisotopic (exact) mass is 419 g/mol. The maximum absolute atomic E-state index is 13.5. The van der Waals surface area contributed by atoms with Gasteiger partial charge in [0.2, 0.25) is 0 Å². The predicted molar refractivity (Wildman–Crippen MR) is 90.4 cm³/mol. The van der Waals surface area contributed by atoms with Crippen LogP contribution in [0.2, 0.25) is 5.02 Å². The van der Waals surface area contributed by atoms with Crippen molar-refractivity contribution in [1.29, 1.82) is 0 Å². The molecule has 0 aromatic heterocycles. The van der Waals surface area contributed by atoms with Gasteiger partial charge in [-0.1, -0.05) is 16.8 Å². The van der Waals surface area contributed by atoms with Crippen LogP contribution in [0, 0.1) is 9.39 Å². The Morgan fingerprint density at radius 1 is 1.33 bits per heavy atom. The number of nitrogens with zero attached hydrogens (tertiary/aromatic N) is 1. The molecule has 0 spiro atoms. The summed E-state index contributed by atoms with van der Waals surface area (Å²) in [5.74, 6) is -0.590. The zero-order chi connectivity index (χ0) is 15.4. The van der Waals surface area contributed by atoms with Gasteiger partial charge in [-0.05, 0) is 64.6 Å². The molecule has 21 heavy (non-hydrogen) atoms. The summed E-state index contributed by atoms with van der Waals surface area (Å²) in [6, 6.07) is 9.83. The number of hydrogen-bond donors (Lipinski definition) is 3. The van der Waals surface area contributed by atoms with Gasteiger partial charge < -0.3 is 16.3 Å². The molecule has 0 saturated carbocycles. The molecule has 0 aliphatic rings. The van der Waals surface area contributed by atoms with E-state index in [2.05, 4.69) is 33.1 Å². The number of hydrogen-bond acceptors (Lipinski definition) is 3. The van der Waals surface area contributed by atoms with Crippen molar-refractivity contribution in [3.63, 3.8) is 0 Å². The molecule has 2 aromatic rings. The zero-order valence-corrected chi connectivity index (χ0v) is 13.7.